The molecule has 1 aromatic carbocycles. The largest absolute Gasteiger partial charge is 0.297 e. The van der Waals surface area contributed by atoms with Gasteiger partial charge in [0.05, 0.1) is 4.75 Å². The molecule has 2 radical (unpaired) electrons. The summed E-state index contributed by atoms with van der Waals surface area (Å²) in [4.78, 5) is 1.84. The van der Waals surface area contributed by atoms with E-state index in [1.807, 2.05) is 11.0 Å². The first-order valence-corrected chi connectivity index (χ1v) is 7.01. The fraction of sp³-hybridized carbons (Fsp3) is 0.462. The van der Waals surface area contributed by atoms with E-state index in [1.165, 1.54) is 11.1 Å². The quantitative estimate of drug-likeness (QED) is 0.682. The second kappa shape index (κ2) is 3.67. The Morgan fingerprint density at radius 3 is 2.69 bits per heavy atom. The van der Waals surface area contributed by atoms with E-state index in [4.69, 9.17) is 7.05 Å². The Hall–Kier alpha value is -0.670. The van der Waals surface area contributed by atoms with Crippen molar-refractivity contribution in [1.29, 1.82) is 0 Å². The first-order valence-electron chi connectivity index (χ1n) is 5.69. The van der Waals surface area contributed by atoms with Crippen LogP contribution in [0, 0.1) is 7.05 Å². The van der Waals surface area contributed by atoms with E-state index in [9.17, 15) is 4.21 Å². The maximum Gasteiger partial charge on any atom is 0.0737 e. The molecular formula is C13H15NOS. The van der Waals surface area contributed by atoms with Gasteiger partial charge in [0.1, 0.15) is 0 Å². The molecule has 1 saturated heterocycles. The number of hydrogen-bond donors (Lipinski definition) is 0. The molecule has 0 N–H and O–H groups in total. The lowest BCUT2D eigenvalue weighted by atomic mass is 9.86. The third kappa shape index (κ3) is 1.38. The lowest BCUT2D eigenvalue weighted by Gasteiger charge is -2.37. The van der Waals surface area contributed by atoms with Crippen molar-refractivity contribution in [3.63, 3.8) is 0 Å². The minimum Gasteiger partial charge on any atom is -0.297 e. The smallest absolute Gasteiger partial charge is 0.0737 e. The highest BCUT2D eigenvalue weighted by Gasteiger charge is 2.46. The van der Waals surface area contributed by atoms with Crippen molar-refractivity contribution >= 4 is 10.8 Å². The fourth-order valence-corrected chi connectivity index (χ4v) is 4.77. The molecule has 2 aliphatic rings. The molecule has 0 amide bonds. The zero-order valence-corrected chi connectivity index (χ0v) is 10.0. The molecule has 3 heteroatoms. The van der Waals surface area contributed by atoms with Crippen LogP contribution < -0.4 is 0 Å². The summed E-state index contributed by atoms with van der Waals surface area (Å²) in [5, 5.41) is 0. The number of piperidine rings is 1. The van der Waals surface area contributed by atoms with Crippen LogP contribution >= 0.6 is 0 Å². The van der Waals surface area contributed by atoms with Gasteiger partial charge in [0.15, 0.2) is 0 Å². The average molecular weight is 233 g/mol. The number of hydrogen-bond acceptors (Lipinski definition) is 2. The summed E-state index contributed by atoms with van der Waals surface area (Å²) >= 11 is 0. The van der Waals surface area contributed by atoms with Crippen LogP contribution in [0.15, 0.2) is 24.3 Å². The van der Waals surface area contributed by atoms with Crippen molar-refractivity contribution in [3.8, 4) is 0 Å². The topological polar surface area (TPSA) is 20.3 Å². The highest BCUT2D eigenvalue weighted by molar-refractivity contribution is 7.85. The molecule has 2 nitrogen and oxygen atoms in total. The zero-order valence-electron chi connectivity index (χ0n) is 9.19. The number of rotatable bonds is 0. The predicted octanol–water partition coefficient (Wildman–Crippen LogP) is 1.91. The molecular weight excluding hydrogens is 218 g/mol. The van der Waals surface area contributed by atoms with Gasteiger partial charge in [-0.1, -0.05) is 24.3 Å². The normalized spacial score (nSPS) is 28.2. The maximum absolute atomic E-state index is 12.4. The van der Waals surface area contributed by atoms with Crippen LogP contribution in [0.25, 0.3) is 0 Å². The van der Waals surface area contributed by atoms with E-state index >= 15 is 0 Å². The number of nitrogens with zero attached hydrogens (tertiary/aromatic N) is 1. The Kier molecular flexibility index (Phi) is 2.41. The molecule has 0 saturated carbocycles. The monoisotopic (exact) mass is 233 g/mol. The minimum absolute atomic E-state index is 0.105. The Morgan fingerprint density at radius 1 is 1.25 bits per heavy atom. The van der Waals surface area contributed by atoms with Crippen LogP contribution in [0.3, 0.4) is 0 Å². The van der Waals surface area contributed by atoms with Gasteiger partial charge in [-0.3, -0.25) is 9.11 Å². The molecule has 0 aromatic heterocycles. The molecule has 2 heterocycles. The zero-order chi connectivity index (χ0) is 11.2. The first-order chi connectivity index (χ1) is 7.72. The maximum atomic E-state index is 12.4. The third-order valence-corrected chi connectivity index (χ3v) is 5.91. The summed E-state index contributed by atoms with van der Waals surface area (Å²) < 4.78 is 12.3. The summed E-state index contributed by atoms with van der Waals surface area (Å²) in [6, 6.07) is 8.34. The van der Waals surface area contributed by atoms with Crippen molar-refractivity contribution in [2.45, 2.75) is 23.3 Å². The second-order valence-corrected chi connectivity index (χ2v) is 6.44. The molecule has 1 spiro atoms. The number of likely N-dealkylation sites (tertiary alicyclic amines) is 1. The summed E-state index contributed by atoms with van der Waals surface area (Å²) in [6.07, 6.45) is 1.85. The molecule has 1 atom stereocenters. The van der Waals surface area contributed by atoms with Gasteiger partial charge in [0.25, 0.3) is 0 Å². The molecule has 1 unspecified atom stereocenters. The molecule has 16 heavy (non-hydrogen) atoms. The second-order valence-electron chi connectivity index (χ2n) is 4.68. The van der Waals surface area contributed by atoms with Gasteiger partial charge in [-0.25, -0.2) is 0 Å². The molecule has 84 valence electrons. The van der Waals surface area contributed by atoms with Gasteiger partial charge in [-0.05, 0) is 24.0 Å². The minimum atomic E-state index is -0.762. The van der Waals surface area contributed by atoms with Crippen LogP contribution in [0.4, 0.5) is 0 Å². The highest BCUT2D eigenvalue weighted by atomic mass is 32.2. The van der Waals surface area contributed by atoms with Crippen molar-refractivity contribution in [2.24, 2.45) is 0 Å². The van der Waals surface area contributed by atoms with Crippen molar-refractivity contribution in [3.05, 3.63) is 42.4 Å². The molecule has 0 aliphatic carbocycles. The van der Waals surface area contributed by atoms with E-state index in [0.29, 0.717) is 0 Å². The van der Waals surface area contributed by atoms with Crippen molar-refractivity contribution < 1.29 is 4.21 Å². The summed E-state index contributed by atoms with van der Waals surface area (Å²) in [5.74, 6) is 0.723. The lowest BCUT2D eigenvalue weighted by molar-refractivity contribution is 0.261. The Balaban J connectivity index is 2.04. The molecule has 3 rings (SSSR count). The van der Waals surface area contributed by atoms with Crippen LogP contribution in [-0.4, -0.2) is 22.2 Å². The Bertz CT molecular complexity index is 435. The van der Waals surface area contributed by atoms with Gasteiger partial charge >= 0.3 is 0 Å². The Labute approximate surface area is 99.1 Å². The van der Waals surface area contributed by atoms with E-state index in [1.54, 1.807) is 0 Å². The predicted molar refractivity (Wildman–Crippen MR) is 65.1 cm³/mol. The molecule has 1 fully saturated rings. The van der Waals surface area contributed by atoms with Gasteiger partial charge in [0, 0.05) is 36.7 Å². The molecule has 0 bridgehead atoms. The van der Waals surface area contributed by atoms with Crippen LogP contribution in [0.1, 0.15) is 24.0 Å². The SMILES string of the molecule is [CH]N1CCC2(CC1)c1ccccc1CS2=O. The van der Waals surface area contributed by atoms with E-state index in [2.05, 4.69) is 18.2 Å². The Morgan fingerprint density at radius 2 is 1.94 bits per heavy atom. The van der Waals surface area contributed by atoms with Crippen molar-refractivity contribution in [1.82, 2.24) is 4.90 Å². The van der Waals surface area contributed by atoms with E-state index < -0.39 is 10.8 Å². The number of fused-ring (bicyclic) bond motifs is 2. The van der Waals surface area contributed by atoms with Crippen molar-refractivity contribution in [2.75, 3.05) is 13.1 Å². The number of benzene rings is 1. The van der Waals surface area contributed by atoms with Crippen LogP contribution in [-0.2, 0) is 21.3 Å². The van der Waals surface area contributed by atoms with Gasteiger partial charge in [-0.2, -0.15) is 0 Å². The van der Waals surface area contributed by atoms with E-state index in [-0.39, 0.29) is 4.75 Å². The van der Waals surface area contributed by atoms with Crippen LogP contribution in [0.2, 0.25) is 0 Å². The van der Waals surface area contributed by atoms with Gasteiger partial charge < -0.3 is 0 Å². The van der Waals surface area contributed by atoms with Crippen LogP contribution in [0.5, 0.6) is 0 Å². The molecule has 2 aliphatic heterocycles. The van der Waals surface area contributed by atoms with Gasteiger partial charge in [0.2, 0.25) is 0 Å². The highest BCUT2D eigenvalue weighted by Crippen LogP contribution is 2.46. The average Bonchev–Trinajstić information content (AvgIpc) is 2.57. The summed E-state index contributed by atoms with van der Waals surface area (Å²) in [7, 11) is 5.02. The standard InChI is InChI=1S/C13H15NOS/c1-14-8-6-13(7-9-14)12-5-3-2-4-11(12)10-16(13)15/h1-5H,6-10H2. The summed E-state index contributed by atoms with van der Waals surface area (Å²) in [5.41, 5.74) is 2.58. The molecule has 1 aromatic rings. The first kappa shape index (κ1) is 10.5. The summed E-state index contributed by atoms with van der Waals surface area (Å²) in [6.45, 7) is 1.69. The van der Waals surface area contributed by atoms with E-state index in [0.717, 1.165) is 31.7 Å². The third-order valence-electron chi connectivity index (χ3n) is 3.84. The van der Waals surface area contributed by atoms with Gasteiger partial charge in [-0.15, -0.1) is 0 Å². The fourth-order valence-electron chi connectivity index (χ4n) is 2.87. The lowest BCUT2D eigenvalue weighted by Crippen LogP contribution is -2.40.